The number of carboxylic acids is 1. The molecular formula is C15H17F3N2O3. The summed E-state index contributed by atoms with van der Waals surface area (Å²) in [6, 6.07) is 4.49. The summed E-state index contributed by atoms with van der Waals surface area (Å²) in [5.41, 5.74) is -0.262. The third-order valence-corrected chi connectivity index (χ3v) is 3.89. The molecule has 0 unspecified atom stereocenters. The molecule has 126 valence electrons. The van der Waals surface area contributed by atoms with Gasteiger partial charge in [-0.15, -0.1) is 0 Å². The highest BCUT2D eigenvalue weighted by atomic mass is 19.4. The van der Waals surface area contributed by atoms with E-state index in [2.05, 4.69) is 10.6 Å². The molecule has 1 saturated carbocycles. The molecule has 3 N–H and O–H groups in total. The molecule has 1 aliphatic carbocycles. The predicted molar refractivity (Wildman–Crippen MR) is 76.0 cm³/mol. The van der Waals surface area contributed by atoms with Crippen LogP contribution in [0.2, 0.25) is 0 Å². The van der Waals surface area contributed by atoms with Gasteiger partial charge in [0.05, 0.1) is 12.0 Å². The summed E-state index contributed by atoms with van der Waals surface area (Å²) in [6.45, 7) is 0.325. The zero-order chi connectivity index (χ0) is 17.1. The zero-order valence-electron chi connectivity index (χ0n) is 12.2. The fourth-order valence-corrected chi connectivity index (χ4v) is 2.33. The number of nitrogens with one attached hydrogen (secondary N) is 2. The Morgan fingerprint density at radius 1 is 1.13 bits per heavy atom. The van der Waals surface area contributed by atoms with Crippen LogP contribution in [0.25, 0.3) is 0 Å². The Labute approximate surface area is 130 Å². The zero-order valence-corrected chi connectivity index (χ0v) is 12.2. The van der Waals surface area contributed by atoms with Crippen LogP contribution in [0, 0.1) is 0 Å². The number of carbonyl (C=O) groups excluding carboxylic acids is 1. The van der Waals surface area contributed by atoms with E-state index in [4.69, 9.17) is 5.11 Å². The molecule has 5 nitrogen and oxygen atoms in total. The quantitative estimate of drug-likeness (QED) is 0.750. The second kappa shape index (κ2) is 6.47. The summed E-state index contributed by atoms with van der Waals surface area (Å²) in [6.07, 6.45) is -2.96. The molecule has 2 amide bonds. The molecule has 0 bridgehead atoms. The lowest BCUT2D eigenvalue weighted by molar-refractivity contribution is -0.138. The number of amides is 2. The van der Waals surface area contributed by atoms with E-state index in [-0.39, 0.29) is 18.4 Å². The number of carbonyl (C=O) groups is 2. The molecule has 0 aliphatic heterocycles. The van der Waals surface area contributed by atoms with E-state index in [1.165, 1.54) is 12.1 Å². The second-order valence-electron chi connectivity index (χ2n) is 5.61. The lowest BCUT2D eigenvalue weighted by Crippen LogP contribution is -2.40. The van der Waals surface area contributed by atoms with Crippen LogP contribution in [-0.4, -0.2) is 30.2 Å². The van der Waals surface area contributed by atoms with Crippen LogP contribution in [-0.2, 0) is 16.4 Å². The molecule has 1 fully saturated rings. The van der Waals surface area contributed by atoms with Crippen molar-refractivity contribution in [2.45, 2.75) is 30.9 Å². The van der Waals surface area contributed by atoms with E-state index in [0.717, 1.165) is 30.5 Å². The average molecular weight is 330 g/mol. The van der Waals surface area contributed by atoms with Gasteiger partial charge in [-0.3, -0.25) is 4.79 Å². The Morgan fingerprint density at radius 2 is 1.74 bits per heavy atom. The van der Waals surface area contributed by atoms with Gasteiger partial charge in [0.25, 0.3) is 0 Å². The molecule has 0 aromatic heterocycles. The minimum absolute atomic E-state index is 0.0223. The molecule has 23 heavy (non-hydrogen) atoms. The highest BCUT2D eigenvalue weighted by Crippen LogP contribution is 2.48. The van der Waals surface area contributed by atoms with E-state index in [9.17, 15) is 22.8 Å². The number of aliphatic carboxylic acids is 1. The van der Waals surface area contributed by atoms with E-state index in [1.807, 2.05) is 0 Å². The van der Waals surface area contributed by atoms with Crippen molar-refractivity contribution in [3.63, 3.8) is 0 Å². The van der Waals surface area contributed by atoms with Crippen molar-refractivity contribution in [2.75, 3.05) is 13.1 Å². The molecule has 0 saturated heterocycles. The summed E-state index contributed by atoms with van der Waals surface area (Å²) in [5.74, 6) is -1.01. The summed E-state index contributed by atoms with van der Waals surface area (Å²) in [5, 5.41) is 13.5. The maximum absolute atomic E-state index is 12.6. The van der Waals surface area contributed by atoms with Crippen molar-refractivity contribution < 1.29 is 27.9 Å². The summed E-state index contributed by atoms with van der Waals surface area (Å²) in [7, 11) is 0. The van der Waals surface area contributed by atoms with Crippen LogP contribution in [0.5, 0.6) is 0 Å². The average Bonchev–Trinajstić information content (AvgIpc) is 3.25. The van der Waals surface area contributed by atoms with Gasteiger partial charge in [0.2, 0.25) is 0 Å². The Bertz CT molecular complexity index is 581. The number of halogens is 3. The molecule has 1 aliphatic rings. The van der Waals surface area contributed by atoms with Crippen molar-refractivity contribution in [3.8, 4) is 0 Å². The molecule has 8 heteroatoms. The van der Waals surface area contributed by atoms with Crippen molar-refractivity contribution in [3.05, 3.63) is 35.4 Å². The van der Waals surface area contributed by atoms with Gasteiger partial charge in [0.15, 0.2) is 0 Å². The van der Waals surface area contributed by atoms with E-state index in [1.54, 1.807) is 0 Å². The number of alkyl halides is 3. The third-order valence-electron chi connectivity index (χ3n) is 3.89. The Balaban J connectivity index is 1.88. The molecule has 0 heterocycles. The summed E-state index contributed by atoms with van der Waals surface area (Å²) < 4.78 is 37.7. The second-order valence-corrected chi connectivity index (χ2v) is 5.61. The highest BCUT2D eigenvalue weighted by molar-refractivity contribution is 5.75. The first-order valence-corrected chi connectivity index (χ1v) is 7.14. The number of rotatable bonds is 6. The van der Waals surface area contributed by atoms with Gasteiger partial charge in [-0.1, -0.05) is 12.1 Å². The topological polar surface area (TPSA) is 78.4 Å². The lowest BCUT2D eigenvalue weighted by atomic mass is 9.95. The number of hydrogen-bond acceptors (Lipinski definition) is 2. The van der Waals surface area contributed by atoms with Crippen LogP contribution in [0.3, 0.4) is 0 Å². The molecular weight excluding hydrogens is 313 g/mol. The van der Waals surface area contributed by atoms with E-state index < -0.39 is 23.7 Å². The van der Waals surface area contributed by atoms with Gasteiger partial charge in [-0.05, 0) is 30.5 Å². The van der Waals surface area contributed by atoms with Gasteiger partial charge < -0.3 is 15.7 Å². The van der Waals surface area contributed by atoms with Gasteiger partial charge in [0.1, 0.15) is 0 Å². The molecule has 0 spiro atoms. The molecule has 1 aromatic rings. The van der Waals surface area contributed by atoms with Crippen molar-refractivity contribution in [1.29, 1.82) is 0 Å². The lowest BCUT2D eigenvalue weighted by Gasteiger charge is -2.18. The van der Waals surface area contributed by atoms with Crippen molar-refractivity contribution in [1.82, 2.24) is 10.6 Å². The van der Waals surface area contributed by atoms with Gasteiger partial charge in [0, 0.05) is 18.5 Å². The van der Waals surface area contributed by atoms with Crippen molar-refractivity contribution >= 4 is 12.0 Å². The Hall–Kier alpha value is -2.25. The molecule has 0 atom stereocenters. The normalized spacial score (nSPS) is 15.8. The molecule has 0 radical (unpaired) electrons. The van der Waals surface area contributed by atoms with Gasteiger partial charge in [-0.25, -0.2) is 4.79 Å². The minimum atomic E-state index is -4.36. The number of urea groups is 1. The van der Waals surface area contributed by atoms with Crippen LogP contribution in [0.1, 0.15) is 30.4 Å². The van der Waals surface area contributed by atoms with E-state index in [0.29, 0.717) is 6.54 Å². The van der Waals surface area contributed by atoms with Crippen LogP contribution < -0.4 is 10.6 Å². The van der Waals surface area contributed by atoms with E-state index >= 15 is 0 Å². The fraction of sp³-hybridized carbons (Fsp3) is 0.467. The smallest absolute Gasteiger partial charge is 0.416 e. The SMILES string of the molecule is O=C(O)CCNC(=O)NCC1(c2ccc(C(F)(F)F)cc2)CC1. The van der Waals surface area contributed by atoms with Gasteiger partial charge in [-0.2, -0.15) is 13.2 Å². The third kappa shape index (κ3) is 4.61. The van der Waals surface area contributed by atoms with Crippen LogP contribution in [0.4, 0.5) is 18.0 Å². The van der Waals surface area contributed by atoms with Gasteiger partial charge >= 0.3 is 18.2 Å². The number of hydrogen-bond donors (Lipinski definition) is 3. The first-order valence-electron chi connectivity index (χ1n) is 7.14. The maximum Gasteiger partial charge on any atom is 0.416 e. The standard InChI is InChI=1S/C15H17F3N2O3/c16-15(17,18)11-3-1-10(2-4-11)14(6-7-14)9-20-13(23)19-8-5-12(21)22/h1-4H,5-9H2,(H,21,22)(H2,19,20,23). The summed E-state index contributed by atoms with van der Waals surface area (Å²) >= 11 is 0. The van der Waals surface area contributed by atoms with Crippen LogP contribution >= 0.6 is 0 Å². The monoisotopic (exact) mass is 330 g/mol. The molecule has 2 rings (SSSR count). The Kier molecular flexibility index (Phi) is 4.82. The highest BCUT2D eigenvalue weighted by Gasteiger charge is 2.44. The van der Waals surface area contributed by atoms with Crippen molar-refractivity contribution in [2.24, 2.45) is 0 Å². The number of benzene rings is 1. The maximum atomic E-state index is 12.6. The number of carboxylic acid groups (broad SMARTS) is 1. The first-order chi connectivity index (χ1) is 10.7. The fourth-order valence-electron chi connectivity index (χ4n) is 2.33. The first kappa shape index (κ1) is 17.1. The molecule has 1 aromatic carbocycles. The summed E-state index contributed by atoms with van der Waals surface area (Å²) in [4.78, 5) is 21.9. The Morgan fingerprint density at radius 3 is 2.22 bits per heavy atom. The predicted octanol–water partition coefficient (Wildman–Crippen LogP) is 2.51. The largest absolute Gasteiger partial charge is 0.481 e. The minimum Gasteiger partial charge on any atom is -0.481 e. The van der Waals surface area contributed by atoms with Crippen LogP contribution in [0.15, 0.2) is 24.3 Å².